The number of phenolic OH excluding ortho intramolecular Hbond substituents is 1. The average molecular weight is 213 g/mol. The lowest BCUT2D eigenvalue weighted by Gasteiger charge is -2.04. The van der Waals surface area contributed by atoms with Gasteiger partial charge in [-0.15, -0.1) is 0 Å². The van der Waals surface area contributed by atoms with Crippen molar-refractivity contribution in [1.82, 2.24) is 4.98 Å². The fraction of sp³-hybridized carbons (Fsp3) is 0.154. The first-order valence-corrected chi connectivity index (χ1v) is 5.15. The summed E-state index contributed by atoms with van der Waals surface area (Å²) in [6.07, 6.45) is 1.02. The number of benzene rings is 1. The summed E-state index contributed by atoms with van der Waals surface area (Å²) < 4.78 is 0. The first kappa shape index (κ1) is 9.36. The molecule has 1 unspecified atom stereocenters. The maximum absolute atomic E-state index is 10.1. The zero-order valence-corrected chi connectivity index (χ0v) is 8.81. The van der Waals surface area contributed by atoms with Gasteiger partial charge in [-0.05, 0) is 41.8 Å². The molecule has 0 spiro atoms. The fourth-order valence-corrected chi connectivity index (χ4v) is 2.28. The van der Waals surface area contributed by atoms with Crippen molar-refractivity contribution in [1.29, 1.82) is 0 Å². The van der Waals surface area contributed by atoms with Gasteiger partial charge in [-0.1, -0.05) is 6.07 Å². The smallest absolute Gasteiger partial charge is 0.122 e. The number of phenols is 1. The van der Waals surface area contributed by atoms with Gasteiger partial charge < -0.3 is 10.2 Å². The molecule has 3 nitrogen and oxygen atoms in total. The summed E-state index contributed by atoms with van der Waals surface area (Å²) in [5.41, 5.74) is 4.39. The number of aromatic hydroxyl groups is 1. The van der Waals surface area contributed by atoms with E-state index in [4.69, 9.17) is 0 Å². The van der Waals surface area contributed by atoms with Gasteiger partial charge in [0.05, 0.1) is 5.69 Å². The van der Waals surface area contributed by atoms with E-state index in [2.05, 4.69) is 4.98 Å². The summed E-state index contributed by atoms with van der Waals surface area (Å²) >= 11 is 0. The molecule has 2 aromatic rings. The number of hydrogen-bond acceptors (Lipinski definition) is 3. The van der Waals surface area contributed by atoms with Gasteiger partial charge in [0.2, 0.25) is 0 Å². The van der Waals surface area contributed by atoms with E-state index in [0.29, 0.717) is 5.69 Å². The van der Waals surface area contributed by atoms with Crippen molar-refractivity contribution in [3.05, 3.63) is 47.3 Å². The number of fused-ring (bicyclic) bond motifs is 3. The summed E-state index contributed by atoms with van der Waals surface area (Å²) in [6.45, 7) is 1.98. The fourth-order valence-electron chi connectivity index (χ4n) is 2.28. The molecule has 0 saturated carbocycles. The van der Waals surface area contributed by atoms with Crippen LogP contribution in [0.15, 0.2) is 30.5 Å². The zero-order chi connectivity index (χ0) is 11.3. The number of aliphatic hydroxyl groups is 1. The highest BCUT2D eigenvalue weighted by molar-refractivity contribution is 5.80. The van der Waals surface area contributed by atoms with Crippen LogP contribution in [0.5, 0.6) is 5.75 Å². The van der Waals surface area contributed by atoms with Gasteiger partial charge in [0, 0.05) is 11.8 Å². The van der Waals surface area contributed by atoms with Crippen LogP contribution >= 0.6 is 0 Å². The molecule has 0 aliphatic heterocycles. The van der Waals surface area contributed by atoms with Gasteiger partial charge in [0.1, 0.15) is 11.9 Å². The third kappa shape index (κ3) is 1.09. The number of pyridine rings is 1. The molecule has 0 fully saturated rings. The minimum Gasteiger partial charge on any atom is -0.508 e. The Morgan fingerprint density at radius 1 is 1.25 bits per heavy atom. The molecule has 16 heavy (non-hydrogen) atoms. The summed E-state index contributed by atoms with van der Waals surface area (Å²) in [5.74, 6) is 0.210. The van der Waals surface area contributed by atoms with Crippen LogP contribution in [0.2, 0.25) is 0 Å². The predicted octanol–water partition coefficient (Wildman–Crippen LogP) is 2.16. The van der Waals surface area contributed by atoms with Crippen LogP contribution in [-0.2, 0) is 0 Å². The number of rotatable bonds is 0. The van der Waals surface area contributed by atoms with Crippen LogP contribution in [0.4, 0.5) is 0 Å². The predicted molar refractivity (Wildman–Crippen MR) is 60.1 cm³/mol. The van der Waals surface area contributed by atoms with Crippen LogP contribution in [0, 0.1) is 6.92 Å². The van der Waals surface area contributed by atoms with E-state index in [0.717, 1.165) is 22.3 Å². The van der Waals surface area contributed by atoms with Crippen molar-refractivity contribution < 1.29 is 10.2 Å². The third-order valence-corrected chi connectivity index (χ3v) is 3.05. The van der Waals surface area contributed by atoms with Gasteiger partial charge in [0.25, 0.3) is 0 Å². The molecule has 1 aliphatic carbocycles. The quantitative estimate of drug-likeness (QED) is 0.705. The molecule has 1 aliphatic rings. The molecule has 0 bridgehead atoms. The van der Waals surface area contributed by atoms with Crippen molar-refractivity contribution in [2.75, 3.05) is 0 Å². The highest BCUT2D eigenvalue weighted by Gasteiger charge is 2.29. The van der Waals surface area contributed by atoms with Gasteiger partial charge in [0.15, 0.2) is 0 Å². The van der Waals surface area contributed by atoms with Crippen molar-refractivity contribution in [3.63, 3.8) is 0 Å². The molecule has 1 aromatic carbocycles. The lowest BCUT2D eigenvalue weighted by atomic mass is 10.0. The van der Waals surface area contributed by atoms with E-state index < -0.39 is 6.10 Å². The topological polar surface area (TPSA) is 53.4 Å². The zero-order valence-electron chi connectivity index (χ0n) is 8.81. The van der Waals surface area contributed by atoms with E-state index in [9.17, 15) is 10.2 Å². The summed E-state index contributed by atoms with van der Waals surface area (Å²) in [6, 6.07) is 6.92. The van der Waals surface area contributed by atoms with Crippen molar-refractivity contribution in [2.45, 2.75) is 13.0 Å². The molecule has 3 heteroatoms. The molecule has 0 saturated heterocycles. The molecular weight excluding hydrogens is 202 g/mol. The van der Waals surface area contributed by atoms with E-state index in [1.165, 1.54) is 0 Å². The maximum atomic E-state index is 10.1. The summed E-state index contributed by atoms with van der Waals surface area (Å²) in [7, 11) is 0. The Kier molecular flexibility index (Phi) is 1.79. The minimum absolute atomic E-state index is 0.210. The third-order valence-electron chi connectivity index (χ3n) is 3.05. The van der Waals surface area contributed by atoms with E-state index in [-0.39, 0.29) is 5.75 Å². The molecule has 0 amide bonds. The van der Waals surface area contributed by atoms with Crippen LogP contribution < -0.4 is 0 Å². The molecule has 1 aromatic heterocycles. The van der Waals surface area contributed by atoms with E-state index in [1.807, 2.05) is 13.0 Å². The number of aliphatic hydroxyl groups excluding tert-OH is 1. The van der Waals surface area contributed by atoms with Crippen LogP contribution in [0.25, 0.3) is 11.1 Å². The molecule has 80 valence electrons. The minimum atomic E-state index is -0.675. The lowest BCUT2D eigenvalue weighted by molar-refractivity contribution is 0.220. The highest BCUT2D eigenvalue weighted by atomic mass is 16.3. The number of hydrogen-bond donors (Lipinski definition) is 2. The Labute approximate surface area is 93.0 Å². The number of aromatic nitrogens is 1. The Morgan fingerprint density at radius 2 is 2.06 bits per heavy atom. The second-order valence-electron chi connectivity index (χ2n) is 4.06. The van der Waals surface area contributed by atoms with Gasteiger partial charge in [-0.25, -0.2) is 0 Å². The number of aryl methyl sites for hydroxylation is 1. The second-order valence-corrected chi connectivity index (χ2v) is 4.06. The molecule has 1 atom stereocenters. The van der Waals surface area contributed by atoms with E-state index >= 15 is 0 Å². The van der Waals surface area contributed by atoms with Crippen molar-refractivity contribution in [3.8, 4) is 16.9 Å². The normalized spacial score (nSPS) is 17.0. The Balaban J connectivity index is 2.38. The van der Waals surface area contributed by atoms with Crippen LogP contribution in [0.3, 0.4) is 0 Å². The molecule has 2 N–H and O–H groups in total. The monoisotopic (exact) mass is 213 g/mol. The molecule has 3 rings (SSSR count). The SMILES string of the molecule is Cc1ccnc2c1-c1cc(O)ccc1C2O. The van der Waals surface area contributed by atoms with Gasteiger partial charge in [-0.3, -0.25) is 4.98 Å². The summed E-state index contributed by atoms with van der Waals surface area (Å²) in [4.78, 5) is 4.21. The first-order chi connectivity index (χ1) is 7.68. The van der Waals surface area contributed by atoms with Crippen LogP contribution in [0.1, 0.15) is 22.9 Å². The maximum Gasteiger partial charge on any atom is 0.122 e. The standard InChI is InChI=1S/C13H11NO2/c1-7-4-5-14-12-11(7)10-6-8(15)2-3-9(10)13(12)16/h2-6,13,15-16H,1H3. The van der Waals surface area contributed by atoms with Crippen LogP contribution in [-0.4, -0.2) is 15.2 Å². The molecular formula is C13H11NO2. The Hall–Kier alpha value is -1.87. The average Bonchev–Trinajstić information content (AvgIpc) is 2.54. The largest absolute Gasteiger partial charge is 0.508 e. The lowest BCUT2D eigenvalue weighted by Crippen LogP contribution is -1.96. The van der Waals surface area contributed by atoms with Gasteiger partial charge in [-0.2, -0.15) is 0 Å². The first-order valence-electron chi connectivity index (χ1n) is 5.15. The van der Waals surface area contributed by atoms with E-state index in [1.54, 1.807) is 24.4 Å². The highest BCUT2D eigenvalue weighted by Crippen LogP contribution is 2.44. The Morgan fingerprint density at radius 3 is 2.88 bits per heavy atom. The second kappa shape index (κ2) is 3.06. The summed E-state index contributed by atoms with van der Waals surface area (Å²) in [5, 5.41) is 19.6. The number of nitrogens with zero attached hydrogens (tertiary/aromatic N) is 1. The Bertz CT molecular complexity index is 578. The van der Waals surface area contributed by atoms with Gasteiger partial charge >= 0.3 is 0 Å². The molecule has 0 radical (unpaired) electrons. The van der Waals surface area contributed by atoms with Crippen molar-refractivity contribution >= 4 is 0 Å². The van der Waals surface area contributed by atoms with Crippen molar-refractivity contribution in [2.24, 2.45) is 0 Å². The molecule has 1 heterocycles.